The average Bonchev–Trinajstić information content (AvgIpc) is 3.15. The Morgan fingerprint density at radius 1 is 1.10 bits per heavy atom. The van der Waals surface area contributed by atoms with Crippen LogP contribution in [-0.2, 0) is 11.2 Å². The van der Waals surface area contributed by atoms with E-state index in [1.165, 1.54) is 0 Å². The molecule has 3 aromatic carbocycles. The molecule has 0 saturated carbocycles. The number of carboxylic acids is 1. The van der Waals surface area contributed by atoms with Crippen molar-refractivity contribution in [2.75, 3.05) is 11.9 Å². The standard InChI is InChI=1S/C24H19BrN2O3/c25-19-5-1-3-16(13-19)4-2-12-26-20-9-7-18(8-10-20)24-27-21-14-17(15-23(28)29)6-11-22(21)30-24/h1-11,13-14,26H,12,15H2,(H,28,29). The molecule has 0 aliphatic heterocycles. The molecule has 1 aromatic heterocycles. The molecule has 4 aromatic rings. The van der Waals surface area contributed by atoms with Crippen molar-refractivity contribution in [2.24, 2.45) is 0 Å². The quantitative estimate of drug-likeness (QED) is 0.351. The van der Waals surface area contributed by atoms with Crippen LogP contribution >= 0.6 is 15.9 Å². The molecule has 0 amide bonds. The zero-order chi connectivity index (χ0) is 20.9. The van der Waals surface area contributed by atoms with Gasteiger partial charge in [-0.1, -0.05) is 46.3 Å². The number of aliphatic carboxylic acids is 1. The van der Waals surface area contributed by atoms with Crippen LogP contribution in [0.3, 0.4) is 0 Å². The van der Waals surface area contributed by atoms with Gasteiger partial charge in [0.15, 0.2) is 5.58 Å². The zero-order valence-corrected chi connectivity index (χ0v) is 17.6. The number of aromatic nitrogens is 1. The molecule has 0 radical (unpaired) electrons. The molecule has 6 heteroatoms. The second kappa shape index (κ2) is 8.97. The largest absolute Gasteiger partial charge is 0.481 e. The van der Waals surface area contributed by atoms with E-state index in [1.54, 1.807) is 18.2 Å². The van der Waals surface area contributed by atoms with Crippen molar-refractivity contribution in [1.29, 1.82) is 0 Å². The minimum Gasteiger partial charge on any atom is -0.481 e. The second-order valence-electron chi connectivity index (χ2n) is 6.81. The van der Waals surface area contributed by atoms with Gasteiger partial charge in [-0.3, -0.25) is 4.79 Å². The highest BCUT2D eigenvalue weighted by molar-refractivity contribution is 9.10. The summed E-state index contributed by atoms with van der Waals surface area (Å²) in [7, 11) is 0. The van der Waals surface area contributed by atoms with E-state index in [0.29, 0.717) is 29.1 Å². The first-order valence-corrected chi connectivity index (χ1v) is 10.2. The molecule has 0 atom stereocenters. The number of benzene rings is 3. The van der Waals surface area contributed by atoms with Gasteiger partial charge < -0.3 is 14.8 Å². The number of fused-ring (bicyclic) bond motifs is 1. The van der Waals surface area contributed by atoms with E-state index in [-0.39, 0.29) is 6.42 Å². The lowest BCUT2D eigenvalue weighted by molar-refractivity contribution is -0.136. The highest BCUT2D eigenvalue weighted by Gasteiger charge is 2.10. The smallest absolute Gasteiger partial charge is 0.307 e. The van der Waals surface area contributed by atoms with Gasteiger partial charge in [-0.15, -0.1) is 0 Å². The summed E-state index contributed by atoms with van der Waals surface area (Å²) in [5.74, 6) is -0.355. The van der Waals surface area contributed by atoms with E-state index in [9.17, 15) is 4.79 Å². The van der Waals surface area contributed by atoms with Crippen molar-refractivity contribution >= 4 is 44.8 Å². The number of carbonyl (C=O) groups is 1. The van der Waals surface area contributed by atoms with Crippen LogP contribution in [0.2, 0.25) is 0 Å². The number of hydrogen-bond donors (Lipinski definition) is 2. The molecule has 150 valence electrons. The summed E-state index contributed by atoms with van der Waals surface area (Å²) in [5, 5.41) is 12.3. The number of oxazole rings is 1. The topological polar surface area (TPSA) is 75.4 Å². The lowest BCUT2D eigenvalue weighted by Crippen LogP contribution is -1.99. The summed E-state index contributed by atoms with van der Waals surface area (Å²) in [6.07, 6.45) is 4.11. The molecule has 0 saturated heterocycles. The van der Waals surface area contributed by atoms with Crippen LogP contribution in [0.4, 0.5) is 5.69 Å². The summed E-state index contributed by atoms with van der Waals surface area (Å²) >= 11 is 3.47. The van der Waals surface area contributed by atoms with Gasteiger partial charge in [0, 0.05) is 22.3 Å². The second-order valence-corrected chi connectivity index (χ2v) is 7.72. The zero-order valence-electron chi connectivity index (χ0n) is 16.0. The molecule has 30 heavy (non-hydrogen) atoms. The third-order valence-corrected chi connectivity index (χ3v) is 5.02. The molecule has 4 rings (SSSR count). The number of hydrogen-bond acceptors (Lipinski definition) is 4. The Morgan fingerprint density at radius 2 is 1.93 bits per heavy atom. The first-order chi connectivity index (χ1) is 14.6. The molecule has 0 bridgehead atoms. The van der Waals surface area contributed by atoms with Crippen LogP contribution < -0.4 is 5.32 Å². The minimum absolute atomic E-state index is 0.0332. The molecule has 2 N–H and O–H groups in total. The number of carboxylic acid groups (broad SMARTS) is 1. The Morgan fingerprint density at radius 3 is 2.70 bits per heavy atom. The third-order valence-electron chi connectivity index (χ3n) is 4.52. The maximum Gasteiger partial charge on any atom is 0.307 e. The molecular formula is C24H19BrN2O3. The number of anilines is 1. The van der Waals surface area contributed by atoms with Gasteiger partial charge in [0.25, 0.3) is 0 Å². The first kappa shape index (κ1) is 19.9. The van der Waals surface area contributed by atoms with Gasteiger partial charge in [-0.25, -0.2) is 4.98 Å². The van der Waals surface area contributed by atoms with Crippen LogP contribution in [0.25, 0.3) is 28.6 Å². The maximum absolute atomic E-state index is 10.9. The van der Waals surface area contributed by atoms with E-state index >= 15 is 0 Å². The van der Waals surface area contributed by atoms with E-state index < -0.39 is 5.97 Å². The fraction of sp³-hybridized carbons (Fsp3) is 0.0833. The normalized spacial score (nSPS) is 11.2. The van der Waals surface area contributed by atoms with Crippen LogP contribution in [0.1, 0.15) is 11.1 Å². The number of halogens is 1. The van der Waals surface area contributed by atoms with Crippen molar-refractivity contribution in [3.8, 4) is 11.5 Å². The third kappa shape index (κ3) is 4.96. The summed E-state index contributed by atoms with van der Waals surface area (Å²) in [4.78, 5) is 15.4. The summed E-state index contributed by atoms with van der Waals surface area (Å²) in [5.41, 5.74) is 5.00. The Labute approximate surface area is 182 Å². The Kier molecular flexibility index (Phi) is 5.95. The van der Waals surface area contributed by atoms with E-state index in [0.717, 1.165) is 21.3 Å². The monoisotopic (exact) mass is 462 g/mol. The molecular weight excluding hydrogens is 444 g/mol. The Balaban J connectivity index is 1.41. The molecule has 0 unspecified atom stereocenters. The molecule has 0 aliphatic rings. The Bertz CT molecular complexity index is 1210. The molecule has 1 heterocycles. The van der Waals surface area contributed by atoms with Crippen molar-refractivity contribution < 1.29 is 14.3 Å². The minimum atomic E-state index is -0.868. The molecule has 0 fully saturated rings. The van der Waals surface area contributed by atoms with Gasteiger partial charge in [0.1, 0.15) is 5.52 Å². The van der Waals surface area contributed by atoms with Crippen molar-refractivity contribution in [3.05, 3.63) is 88.4 Å². The Hall–Kier alpha value is -3.38. The lowest BCUT2D eigenvalue weighted by Gasteiger charge is -2.04. The van der Waals surface area contributed by atoms with Crippen LogP contribution in [0.15, 0.2) is 81.7 Å². The van der Waals surface area contributed by atoms with Crippen LogP contribution in [-0.4, -0.2) is 22.6 Å². The average molecular weight is 463 g/mol. The number of nitrogens with zero attached hydrogens (tertiary/aromatic N) is 1. The first-order valence-electron chi connectivity index (χ1n) is 9.44. The molecule has 5 nitrogen and oxygen atoms in total. The van der Waals surface area contributed by atoms with E-state index in [2.05, 4.69) is 50.5 Å². The highest BCUT2D eigenvalue weighted by Crippen LogP contribution is 2.26. The molecule has 0 aliphatic carbocycles. The van der Waals surface area contributed by atoms with Crippen molar-refractivity contribution in [3.63, 3.8) is 0 Å². The fourth-order valence-corrected chi connectivity index (χ4v) is 3.51. The maximum atomic E-state index is 10.9. The van der Waals surface area contributed by atoms with E-state index in [4.69, 9.17) is 9.52 Å². The number of rotatable bonds is 7. The predicted octanol–water partition coefficient (Wildman–Crippen LogP) is 6.01. The molecule has 0 spiro atoms. The van der Waals surface area contributed by atoms with Gasteiger partial charge >= 0.3 is 5.97 Å². The van der Waals surface area contributed by atoms with Gasteiger partial charge in [0.2, 0.25) is 5.89 Å². The lowest BCUT2D eigenvalue weighted by atomic mass is 10.1. The van der Waals surface area contributed by atoms with Crippen molar-refractivity contribution in [1.82, 2.24) is 4.98 Å². The summed E-state index contributed by atoms with van der Waals surface area (Å²) in [6, 6.07) is 21.3. The number of nitrogens with one attached hydrogen (secondary N) is 1. The summed E-state index contributed by atoms with van der Waals surface area (Å²) < 4.78 is 6.88. The summed E-state index contributed by atoms with van der Waals surface area (Å²) in [6.45, 7) is 0.709. The SMILES string of the molecule is O=C(O)Cc1ccc2oc(-c3ccc(NCC=Cc4cccc(Br)c4)cc3)nc2c1. The van der Waals surface area contributed by atoms with Gasteiger partial charge in [-0.2, -0.15) is 0 Å². The fourth-order valence-electron chi connectivity index (χ4n) is 3.09. The van der Waals surface area contributed by atoms with Gasteiger partial charge in [-0.05, 0) is 59.7 Å². The highest BCUT2D eigenvalue weighted by atomic mass is 79.9. The van der Waals surface area contributed by atoms with Gasteiger partial charge in [0.05, 0.1) is 6.42 Å². The van der Waals surface area contributed by atoms with Crippen molar-refractivity contribution in [2.45, 2.75) is 6.42 Å². The predicted molar refractivity (Wildman–Crippen MR) is 122 cm³/mol. The van der Waals surface area contributed by atoms with Crippen LogP contribution in [0.5, 0.6) is 0 Å². The van der Waals surface area contributed by atoms with Crippen LogP contribution in [0, 0.1) is 0 Å². The van der Waals surface area contributed by atoms with E-state index in [1.807, 2.05) is 36.4 Å².